The monoisotopic (exact) mass is 867 g/mol. The summed E-state index contributed by atoms with van der Waals surface area (Å²) in [5, 5.41) is 6.20. The number of methoxy groups -OCH3 is 1. The molecule has 3 fully saturated rings. The van der Waals surface area contributed by atoms with Crippen molar-refractivity contribution in [2.45, 2.75) is 87.1 Å². The van der Waals surface area contributed by atoms with E-state index in [2.05, 4.69) is 21.9 Å². The molecule has 4 aliphatic rings. The van der Waals surface area contributed by atoms with Crippen LogP contribution in [-0.4, -0.2) is 92.4 Å². The lowest BCUT2D eigenvalue weighted by Gasteiger charge is -2.31. The fourth-order valence-corrected chi connectivity index (χ4v) is 9.44. The van der Waals surface area contributed by atoms with Gasteiger partial charge in [0.05, 0.1) is 29.8 Å². The van der Waals surface area contributed by atoms with Crippen LogP contribution < -0.4 is 34.3 Å². The third-order valence-electron chi connectivity index (χ3n) is 11.9. The van der Waals surface area contributed by atoms with Crippen LogP contribution >= 0.6 is 0 Å². The van der Waals surface area contributed by atoms with Crippen molar-refractivity contribution in [3.8, 4) is 34.3 Å². The largest absolute Gasteiger partial charge is 0.497 e. The maximum atomic E-state index is 14.7. The molecule has 0 unspecified atom stereocenters. The van der Waals surface area contributed by atoms with Crippen molar-refractivity contribution in [2.75, 3.05) is 20.4 Å². The van der Waals surface area contributed by atoms with Crippen LogP contribution in [0.5, 0.6) is 23.0 Å². The third kappa shape index (κ3) is 8.58. The van der Waals surface area contributed by atoms with Gasteiger partial charge in [-0.05, 0) is 80.5 Å². The zero-order chi connectivity index (χ0) is 43.8. The standard InChI is InChI=1S/C45H49N5O11S/c1-5-28-23-45(28,43(53)49-62(55,56)32-13-7-6-8-14-32)48-41(51)36-21-31(24-50(36)42(52)40(26(2)3)47-44(54)61-29-11-9-10-12-29)60-38-22-34(27-15-18-37-39(19-27)59-25-58-37)46-35-20-30(57-4)16-17-33(35)38/h5-8,13-20,22,26,28-29,31,36,40H,1,9-12,21,23-25H2,2-4H3,(H,47,54)(H,48,51)(H,49,53)/t28-,31-,36+,40+,45-/m1/s1. The number of hydrogen-bond donors (Lipinski definition) is 3. The number of sulfonamides is 1. The maximum Gasteiger partial charge on any atom is 0.408 e. The first kappa shape index (κ1) is 42.3. The lowest BCUT2D eigenvalue weighted by Crippen LogP contribution is -2.59. The Hall–Kier alpha value is -6.36. The molecule has 62 heavy (non-hydrogen) atoms. The van der Waals surface area contributed by atoms with Crippen LogP contribution in [0.1, 0.15) is 52.4 Å². The van der Waals surface area contributed by atoms with E-state index < -0.39 is 69.4 Å². The molecule has 4 aromatic rings. The van der Waals surface area contributed by atoms with E-state index in [0.717, 1.165) is 31.2 Å². The number of likely N-dealkylation sites (tertiary alicyclic amines) is 1. The molecule has 0 radical (unpaired) electrons. The maximum absolute atomic E-state index is 14.7. The van der Waals surface area contributed by atoms with Gasteiger partial charge in [0.25, 0.3) is 15.9 Å². The molecular weight excluding hydrogens is 819 g/mol. The minimum Gasteiger partial charge on any atom is -0.497 e. The lowest BCUT2D eigenvalue weighted by molar-refractivity contribution is -0.141. The second kappa shape index (κ2) is 17.2. The normalized spacial score (nSPS) is 22.2. The van der Waals surface area contributed by atoms with Crippen LogP contribution in [0.2, 0.25) is 0 Å². The fraction of sp³-hybridized carbons (Fsp3) is 0.400. The molecule has 2 aliphatic heterocycles. The second-order valence-electron chi connectivity index (χ2n) is 16.4. The number of alkyl carbamates (subject to hydrolysis) is 1. The fourth-order valence-electron chi connectivity index (χ4n) is 8.38. The molecule has 4 amide bonds. The quantitative estimate of drug-likeness (QED) is 0.139. The number of hydrogen-bond acceptors (Lipinski definition) is 12. The summed E-state index contributed by atoms with van der Waals surface area (Å²) in [5.41, 5.74) is 0.169. The number of nitrogens with one attached hydrogen (secondary N) is 3. The molecule has 3 N–H and O–H groups in total. The van der Waals surface area contributed by atoms with E-state index in [1.54, 1.807) is 51.3 Å². The third-order valence-corrected chi connectivity index (χ3v) is 13.2. The predicted molar refractivity (Wildman–Crippen MR) is 226 cm³/mol. The first-order valence-electron chi connectivity index (χ1n) is 20.7. The number of carbonyl (C=O) groups is 4. The number of carbonyl (C=O) groups excluding carboxylic acids is 4. The van der Waals surface area contributed by atoms with Gasteiger partial charge >= 0.3 is 6.09 Å². The van der Waals surface area contributed by atoms with Crippen LogP contribution in [0, 0.1) is 11.8 Å². The van der Waals surface area contributed by atoms with Gasteiger partial charge in [-0.25, -0.2) is 22.9 Å². The molecule has 1 aromatic heterocycles. The summed E-state index contributed by atoms with van der Waals surface area (Å²) < 4.78 is 57.6. The highest BCUT2D eigenvalue weighted by atomic mass is 32.2. The average Bonchev–Trinajstić information content (AvgIpc) is 3.68. The number of nitrogens with zero attached hydrogens (tertiary/aromatic N) is 2. The van der Waals surface area contributed by atoms with Crippen molar-refractivity contribution in [1.82, 2.24) is 25.2 Å². The van der Waals surface area contributed by atoms with Crippen LogP contribution in [0.15, 0.2) is 90.3 Å². The zero-order valence-corrected chi connectivity index (χ0v) is 35.4. The van der Waals surface area contributed by atoms with E-state index in [4.69, 9.17) is 28.7 Å². The summed E-state index contributed by atoms with van der Waals surface area (Å²) in [6.07, 6.45) is 3.15. The van der Waals surface area contributed by atoms with Crippen molar-refractivity contribution in [2.24, 2.45) is 11.8 Å². The first-order chi connectivity index (χ1) is 29.8. The smallest absolute Gasteiger partial charge is 0.408 e. The van der Waals surface area contributed by atoms with Crippen LogP contribution in [0.25, 0.3) is 22.2 Å². The Labute approximate surface area is 359 Å². The van der Waals surface area contributed by atoms with Gasteiger partial charge in [0.15, 0.2) is 11.5 Å². The minimum atomic E-state index is -4.30. The predicted octanol–water partition coefficient (Wildman–Crippen LogP) is 5.25. The zero-order valence-electron chi connectivity index (χ0n) is 34.6. The highest BCUT2D eigenvalue weighted by Gasteiger charge is 2.61. The highest BCUT2D eigenvalue weighted by Crippen LogP contribution is 2.45. The van der Waals surface area contributed by atoms with Gasteiger partial charge in [-0.2, -0.15) is 0 Å². The van der Waals surface area contributed by atoms with Gasteiger partial charge in [0, 0.05) is 35.4 Å². The number of pyridine rings is 1. The topological polar surface area (TPSA) is 201 Å². The molecule has 8 rings (SSSR count). The molecule has 2 aliphatic carbocycles. The molecule has 1 saturated heterocycles. The van der Waals surface area contributed by atoms with E-state index in [-0.39, 0.29) is 37.2 Å². The van der Waals surface area contributed by atoms with Crippen LogP contribution in [0.3, 0.4) is 0 Å². The number of amides is 4. The summed E-state index contributed by atoms with van der Waals surface area (Å²) in [7, 11) is -2.74. The van der Waals surface area contributed by atoms with E-state index in [1.807, 2.05) is 18.2 Å². The van der Waals surface area contributed by atoms with Gasteiger partial charge in [0.1, 0.15) is 41.3 Å². The van der Waals surface area contributed by atoms with E-state index >= 15 is 0 Å². The van der Waals surface area contributed by atoms with E-state index in [9.17, 15) is 27.6 Å². The van der Waals surface area contributed by atoms with Crippen molar-refractivity contribution >= 4 is 44.7 Å². The summed E-state index contributed by atoms with van der Waals surface area (Å²) in [6, 6.07) is 17.7. The summed E-state index contributed by atoms with van der Waals surface area (Å²) in [4.78, 5) is 62.4. The summed E-state index contributed by atoms with van der Waals surface area (Å²) >= 11 is 0. The summed E-state index contributed by atoms with van der Waals surface area (Å²) in [5.74, 6) is -1.05. The molecule has 16 nitrogen and oxygen atoms in total. The van der Waals surface area contributed by atoms with Crippen molar-refractivity contribution < 1.29 is 51.3 Å². The summed E-state index contributed by atoms with van der Waals surface area (Å²) in [6.45, 7) is 7.38. The van der Waals surface area contributed by atoms with Gasteiger partial charge < -0.3 is 39.2 Å². The Bertz CT molecular complexity index is 2510. The molecule has 3 aromatic carbocycles. The van der Waals surface area contributed by atoms with E-state index in [0.29, 0.717) is 39.6 Å². The Morgan fingerprint density at radius 2 is 1.73 bits per heavy atom. The molecule has 0 bridgehead atoms. The number of benzene rings is 3. The van der Waals surface area contributed by atoms with Gasteiger partial charge in [-0.3, -0.25) is 14.4 Å². The highest BCUT2D eigenvalue weighted by molar-refractivity contribution is 7.90. The average molecular weight is 868 g/mol. The molecule has 5 atom stereocenters. The number of ether oxygens (including phenoxy) is 5. The van der Waals surface area contributed by atoms with Crippen molar-refractivity contribution in [1.29, 1.82) is 0 Å². The molecule has 17 heteroatoms. The molecule has 326 valence electrons. The van der Waals surface area contributed by atoms with Crippen molar-refractivity contribution in [3.63, 3.8) is 0 Å². The Morgan fingerprint density at radius 1 is 0.968 bits per heavy atom. The van der Waals surface area contributed by atoms with Gasteiger partial charge in [-0.1, -0.05) is 38.1 Å². The van der Waals surface area contributed by atoms with Gasteiger partial charge in [0.2, 0.25) is 18.6 Å². The SMILES string of the molecule is C=C[C@@H]1C[C@]1(NC(=O)[C@@H]1C[C@@H](Oc2cc(-c3ccc4c(c3)OCO4)nc3cc(OC)ccc23)CN1C(=O)[C@@H](NC(=O)OC1CCCC1)C(C)C)C(=O)NS(=O)(=O)c1ccccc1. The Kier molecular flexibility index (Phi) is 11.7. The molecule has 0 spiro atoms. The molecular formula is C45H49N5O11S. The number of fused-ring (bicyclic) bond motifs is 2. The van der Waals surface area contributed by atoms with E-state index in [1.165, 1.54) is 35.2 Å². The van der Waals surface area contributed by atoms with Crippen LogP contribution in [-0.2, 0) is 29.1 Å². The van der Waals surface area contributed by atoms with Gasteiger partial charge in [-0.15, -0.1) is 6.58 Å². The second-order valence-corrected chi connectivity index (χ2v) is 18.1. The molecule has 3 heterocycles. The van der Waals surface area contributed by atoms with Crippen LogP contribution in [0.4, 0.5) is 4.79 Å². The van der Waals surface area contributed by atoms with Crippen molar-refractivity contribution in [3.05, 3.63) is 85.5 Å². The Morgan fingerprint density at radius 3 is 2.44 bits per heavy atom. The number of rotatable bonds is 14. The molecule has 2 saturated carbocycles. The number of aromatic nitrogens is 1. The first-order valence-corrected chi connectivity index (χ1v) is 22.2. The lowest BCUT2D eigenvalue weighted by atomic mass is 10.0. The minimum absolute atomic E-state index is 0.0208. The Balaban J connectivity index is 1.10.